The largest absolute Gasteiger partial charge is 0.494 e. The first kappa shape index (κ1) is 13.1. The summed E-state index contributed by atoms with van der Waals surface area (Å²) < 4.78 is 5.22. The number of ether oxygens (including phenoxy) is 1. The van der Waals surface area contributed by atoms with E-state index in [2.05, 4.69) is 10.3 Å². The zero-order chi connectivity index (χ0) is 14.0. The van der Waals surface area contributed by atoms with Crippen molar-refractivity contribution in [2.45, 2.75) is 13.3 Å². The highest BCUT2D eigenvalue weighted by Gasteiger charge is 2.18. The monoisotopic (exact) mass is 261 g/mol. The topological polar surface area (TPSA) is 77.3 Å². The number of hydrogen-bond donors (Lipinski definition) is 1. The number of nitrogens with one attached hydrogen (secondary N) is 1. The van der Waals surface area contributed by atoms with Crippen molar-refractivity contribution in [3.8, 4) is 5.75 Å². The van der Waals surface area contributed by atoms with Gasteiger partial charge in [-0.3, -0.25) is 10.1 Å². The Morgan fingerprint density at radius 1 is 1.47 bits per heavy atom. The minimum absolute atomic E-state index is 0.0423. The third-order valence-corrected chi connectivity index (χ3v) is 3.04. The van der Waals surface area contributed by atoms with Gasteiger partial charge in [0.05, 0.1) is 17.4 Å². The molecule has 0 aliphatic heterocycles. The molecular weight excluding hydrogens is 246 g/mol. The molecule has 1 heterocycles. The number of non-ortho nitro benzene ring substituents is 1. The van der Waals surface area contributed by atoms with Gasteiger partial charge in [-0.15, -0.1) is 0 Å². The van der Waals surface area contributed by atoms with Gasteiger partial charge >= 0.3 is 0 Å². The molecule has 0 amide bonds. The van der Waals surface area contributed by atoms with Gasteiger partial charge in [0.15, 0.2) is 0 Å². The molecule has 100 valence electrons. The highest BCUT2D eigenvalue weighted by Crippen LogP contribution is 2.34. The van der Waals surface area contributed by atoms with Crippen molar-refractivity contribution in [2.75, 3.05) is 19.5 Å². The summed E-state index contributed by atoms with van der Waals surface area (Å²) in [7, 11) is 3.30. The fourth-order valence-corrected chi connectivity index (χ4v) is 2.07. The summed E-state index contributed by atoms with van der Waals surface area (Å²) in [5.41, 5.74) is 1.48. The minimum atomic E-state index is -0.401. The lowest BCUT2D eigenvalue weighted by molar-refractivity contribution is -0.383. The predicted octanol–water partition coefficient (Wildman–Crippen LogP) is 2.76. The fraction of sp³-hybridized carbons (Fsp3) is 0.308. The summed E-state index contributed by atoms with van der Waals surface area (Å²) >= 11 is 0. The third kappa shape index (κ3) is 2.16. The van der Waals surface area contributed by atoms with Gasteiger partial charge in [0, 0.05) is 13.1 Å². The van der Waals surface area contributed by atoms with Crippen LogP contribution in [0.15, 0.2) is 18.2 Å². The molecule has 2 rings (SSSR count). The summed E-state index contributed by atoms with van der Waals surface area (Å²) in [4.78, 5) is 15.1. The molecule has 0 saturated carbocycles. The van der Waals surface area contributed by atoms with Crippen LogP contribution in [0.3, 0.4) is 0 Å². The summed E-state index contributed by atoms with van der Waals surface area (Å²) in [5, 5.41) is 14.6. The van der Waals surface area contributed by atoms with Crippen LogP contribution in [0.4, 0.5) is 11.5 Å². The number of hydrogen-bond acceptors (Lipinski definition) is 5. The van der Waals surface area contributed by atoms with E-state index in [1.54, 1.807) is 19.2 Å². The Bertz CT molecular complexity index is 641. The van der Waals surface area contributed by atoms with Gasteiger partial charge in [0.25, 0.3) is 5.69 Å². The highest BCUT2D eigenvalue weighted by atomic mass is 16.6. The molecular formula is C13H15N3O3. The van der Waals surface area contributed by atoms with Gasteiger partial charge in [-0.2, -0.15) is 0 Å². The smallest absolute Gasteiger partial charge is 0.279 e. The molecule has 0 spiro atoms. The van der Waals surface area contributed by atoms with Gasteiger partial charge in [-0.25, -0.2) is 4.98 Å². The van der Waals surface area contributed by atoms with E-state index in [0.717, 1.165) is 12.0 Å². The number of rotatable bonds is 4. The number of fused-ring (bicyclic) bond motifs is 1. The maximum Gasteiger partial charge on any atom is 0.279 e. The van der Waals surface area contributed by atoms with Gasteiger partial charge in [0.1, 0.15) is 17.1 Å². The van der Waals surface area contributed by atoms with E-state index >= 15 is 0 Å². The molecule has 0 aliphatic rings. The number of nitro benzene ring substituents is 1. The molecule has 0 saturated heterocycles. The molecule has 6 nitrogen and oxygen atoms in total. The van der Waals surface area contributed by atoms with E-state index in [1.807, 2.05) is 6.92 Å². The summed E-state index contributed by atoms with van der Waals surface area (Å²) in [6.07, 6.45) is 0.744. The Hall–Kier alpha value is -2.37. The first-order valence-corrected chi connectivity index (χ1v) is 5.95. The van der Waals surface area contributed by atoms with E-state index in [9.17, 15) is 10.1 Å². The van der Waals surface area contributed by atoms with Crippen LogP contribution >= 0.6 is 0 Å². The zero-order valence-electron chi connectivity index (χ0n) is 11.1. The van der Waals surface area contributed by atoms with E-state index in [-0.39, 0.29) is 5.69 Å². The van der Waals surface area contributed by atoms with Crippen LogP contribution in [0.1, 0.15) is 12.5 Å². The van der Waals surface area contributed by atoms with Crippen LogP contribution in [-0.4, -0.2) is 24.1 Å². The van der Waals surface area contributed by atoms with Crippen molar-refractivity contribution in [2.24, 2.45) is 0 Å². The minimum Gasteiger partial charge on any atom is -0.494 e. The summed E-state index contributed by atoms with van der Waals surface area (Å²) in [5.74, 6) is 1.24. The number of anilines is 1. The van der Waals surface area contributed by atoms with Crippen molar-refractivity contribution in [3.63, 3.8) is 0 Å². The maximum absolute atomic E-state index is 11.1. The molecule has 0 unspecified atom stereocenters. The second kappa shape index (κ2) is 5.09. The lowest BCUT2D eigenvalue weighted by Crippen LogP contribution is -2.01. The van der Waals surface area contributed by atoms with Crippen molar-refractivity contribution in [1.82, 2.24) is 4.98 Å². The second-order valence-corrected chi connectivity index (χ2v) is 4.04. The molecule has 1 N–H and O–H groups in total. The van der Waals surface area contributed by atoms with Gasteiger partial charge in [0.2, 0.25) is 0 Å². The lowest BCUT2D eigenvalue weighted by atomic mass is 10.1. The second-order valence-electron chi connectivity index (χ2n) is 4.04. The SMILES string of the molecule is CCc1cc2c([N+](=O)[O-])ccc(OC)c2nc1NC. The number of aryl methyl sites for hydroxylation is 1. The molecule has 19 heavy (non-hydrogen) atoms. The molecule has 0 fully saturated rings. The van der Waals surface area contributed by atoms with Crippen molar-refractivity contribution in [3.05, 3.63) is 33.9 Å². The van der Waals surface area contributed by atoms with Crippen LogP contribution in [0.25, 0.3) is 10.9 Å². The predicted molar refractivity (Wildman–Crippen MR) is 73.9 cm³/mol. The van der Waals surface area contributed by atoms with E-state index in [0.29, 0.717) is 22.5 Å². The Morgan fingerprint density at radius 2 is 2.21 bits per heavy atom. The molecule has 0 bridgehead atoms. The fourth-order valence-electron chi connectivity index (χ4n) is 2.07. The number of nitrogens with zero attached hydrogens (tertiary/aromatic N) is 2. The molecule has 0 aliphatic carbocycles. The van der Waals surface area contributed by atoms with Gasteiger partial charge in [-0.1, -0.05) is 6.92 Å². The lowest BCUT2D eigenvalue weighted by Gasteiger charge is -2.11. The van der Waals surface area contributed by atoms with Crippen LogP contribution in [-0.2, 0) is 6.42 Å². The first-order valence-electron chi connectivity index (χ1n) is 5.95. The molecule has 1 aromatic carbocycles. The Labute approximate surface area is 110 Å². The Kier molecular flexibility index (Phi) is 3.50. The van der Waals surface area contributed by atoms with E-state index < -0.39 is 4.92 Å². The average Bonchev–Trinajstić information content (AvgIpc) is 2.44. The van der Waals surface area contributed by atoms with Crippen molar-refractivity contribution < 1.29 is 9.66 Å². The maximum atomic E-state index is 11.1. The molecule has 2 aromatic rings. The van der Waals surface area contributed by atoms with Crippen LogP contribution in [0, 0.1) is 10.1 Å². The first-order chi connectivity index (χ1) is 9.12. The summed E-state index contributed by atoms with van der Waals surface area (Å²) in [6, 6.07) is 4.81. The summed E-state index contributed by atoms with van der Waals surface area (Å²) in [6.45, 7) is 1.98. The number of aromatic nitrogens is 1. The van der Waals surface area contributed by atoms with Gasteiger partial charge in [-0.05, 0) is 24.1 Å². The third-order valence-electron chi connectivity index (χ3n) is 3.04. The highest BCUT2D eigenvalue weighted by molar-refractivity contribution is 5.94. The Balaban J connectivity index is 2.86. The van der Waals surface area contributed by atoms with E-state index in [1.165, 1.54) is 13.2 Å². The van der Waals surface area contributed by atoms with Crippen LogP contribution in [0.2, 0.25) is 0 Å². The average molecular weight is 261 g/mol. The number of methoxy groups -OCH3 is 1. The molecule has 0 atom stereocenters. The van der Waals surface area contributed by atoms with Crippen molar-refractivity contribution >= 4 is 22.4 Å². The quantitative estimate of drug-likeness (QED) is 0.676. The number of benzene rings is 1. The van der Waals surface area contributed by atoms with E-state index in [4.69, 9.17) is 4.74 Å². The van der Waals surface area contributed by atoms with Gasteiger partial charge < -0.3 is 10.1 Å². The normalized spacial score (nSPS) is 10.5. The number of nitro groups is 1. The molecule has 1 aromatic heterocycles. The molecule has 0 radical (unpaired) electrons. The van der Waals surface area contributed by atoms with Crippen LogP contribution < -0.4 is 10.1 Å². The van der Waals surface area contributed by atoms with Crippen molar-refractivity contribution in [1.29, 1.82) is 0 Å². The number of pyridine rings is 1. The Morgan fingerprint density at radius 3 is 2.74 bits per heavy atom. The van der Waals surface area contributed by atoms with Crippen LogP contribution in [0.5, 0.6) is 5.75 Å². The standard InChI is InChI=1S/C13H15N3O3/c1-4-8-7-9-10(16(17)18)5-6-11(19-3)12(9)15-13(8)14-2/h5-7H,4H2,1-3H3,(H,14,15). The molecule has 6 heteroatoms. The zero-order valence-corrected chi connectivity index (χ0v) is 11.1.